The number of fused-ring (bicyclic) bond motifs is 5. The van der Waals surface area contributed by atoms with Crippen LogP contribution >= 0.6 is 0 Å². The molecule has 4 aliphatic rings. The van der Waals surface area contributed by atoms with Crippen molar-refractivity contribution in [2.75, 3.05) is 6.61 Å². The zero-order valence-electron chi connectivity index (χ0n) is 17.7. The van der Waals surface area contributed by atoms with Gasteiger partial charge in [-0.3, -0.25) is 9.59 Å². The molecule has 1 N–H and O–H groups in total. The van der Waals surface area contributed by atoms with Crippen LogP contribution in [0.15, 0.2) is 23.3 Å². The maximum absolute atomic E-state index is 12.5. The topological polar surface area (TPSA) is 63.6 Å². The number of aliphatic hydroxyl groups is 1. The van der Waals surface area contributed by atoms with E-state index in [4.69, 9.17) is 4.74 Å². The van der Waals surface area contributed by atoms with Gasteiger partial charge in [0.15, 0.2) is 0 Å². The lowest BCUT2D eigenvalue weighted by Crippen LogP contribution is -2.50. The highest BCUT2D eigenvalue weighted by Gasteiger charge is 2.58. The molecule has 0 radical (unpaired) electrons. The van der Waals surface area contributed by atoms with Crippen molar-refractivity contribution in [2.45, 2.75) is 78.7 Å². The number of hydrogen-bond donors (Lipinski definition) is 1. The van der Waals surface area contributed by atoms with Crippen molar-refractivity contribution in [2.24, 2.45) is 28.1 Å². The molecule has 4 heteroatoms. The smallest absolute Gasteiger partial charge is 0.311 e. The monoisotopic (exact) mass is 386 g/mol. The van der Waals surface area contributed by atoms with E-state index in [1.165, 1.54) is 5.57 Å². The van der Waals surface area contributed by atoms with Gasteiger partial charge in [0.05, 0.1) is 12.0 Å². The zero-order chi connectivity index (χ0) is 20.3. The van der Waals surface area contributed by atoms with E-state index in [0.717, 1.165) is 37.7 Å². The van der Waals surface area contributed by atoms with Crippen molar-refractivity contribution in [1.29, 1.82) is 0 Å². The second-order valence-electron chi connectivity index (χ2n) is 10.8. The summed E-state index contributed by atoms with van der Waals surface area (Å²) in [5.41, 5.74) is 1.80. The lowest BCUT2D eigenvalue weighted by atomic mass is 9.51. The summed E-state index contributed by atoms with van der Waals surface area (Å²) in [5.74, 6) is 0.894. The summed E-state index contributed by atoms with van der Waals surface area (Å²) in [7, 11) is 0. The molecule has 5 atom stereocenters. The standard InChI is InChI=1S/C24H34O4/c1-22(2,3)21(27)28-20-8-7-18-17-6-5-15-13-16(26)9-12-24(15,14-25)19(17)10-11-23(18,20)4/h5-6,18-20,25H,7-14H2,1-4H3/t18-,19-,20-,23-,24+/m0/s1. The van der Waals surface area contributed by atoms with E-state index < -0.39 is 5.41 Å². The molecule has 0 saturated heterocycles. The van der Waals surface area contributed by atoms with Crippen LogP contribution in [0.1, 0.15) is 72.6 Å². The van der Waals surface area contributed by atoms with Crippen molar-refractivity contribution in [3.8, 4) is 0 Å². The van der Waals surface area contributed by atoms with Gasteiger partial charge in [-0.15, -0.1) is 0 Å². The molecule has 154 valence electrons. The van der Waals surface area contributed by atoms with Gasteiger partial charge in [-0.05, 0) is 64.7 Å². The fraction of sp³-hybridized carbons (Fsp3) is 0.750. The van der Waals surface area contributed by atoms with Gasteiger partial charge in [-0.1, -0.05) is 30.2 Å². The number of allylic oxidation sites excluding steroid dienone is 3. The van der Waals surface area contributed by atoms with E-state index in [1.54, 1.807) is 0 Å². The molecule has 4 nitrogen and oxygen atoms in total. The Balaban J connectivity index is 1.64. The van der Waals surface area contributed by atoms with E-state index in [0.29, 0.717) is 30.5 Å². The van der Waals surface area contributed by atoms with E-state index in [-0.39, 0.29) is 29.5 Å². The number of hydrogen-bond acceptors (Lipinski definition) is 4. The highest BCUT2D eigenvalue weighted by atomic mass is 16.5. The van der Waals surface area contributed by atoms with E-state index in [2.05, 4.69) is 19.1 Å². The van der Waals surface area contributed by atoms with Crippen LogP contribution in [-0.2, 0) is 14.3 Å². The van der Waals surface area contributed by atoms with Gasteiger partial charge in [-0.2, -0.15) is 0 Å². The normalized spacial score (nSPS) is 40.0. The number of ether oxygens (including phenoxy) is 1. The van der Waals surface area contributed by atoms with Crippen molar-refractivity contribution >= 4 is 11.8 Å². The second kappa shape index (κ2) is 6.55. The fourth-order valence-electron chi connectivity index (χ4n) is 6.39. The number of rotatable bonds is 2. The molecule has 4 aliphatic carbocycles. The number of carbonyl (C=O) groups is 2. The Hall–Kier alpha value is -1.42. The number of ketones is 1. The Labute approximate surface area is 168 Å². The summed E-state index contributed by atoms with van der Waals surface area (Å²) in [5, 5.41) is 10.4. The largest absolute Gasteiger partial charge is 0.461 e. The van der Waals surface area contributed by atoms with Gasteiger partial charge in [0.2, 0.25) is 0 Å². The van der Waals surface area contributed by atoms with Crippen LogP contribution in [-0.4, -0.2) is 29.6 Å². The predicted molar refractivity (Wildman–Crippen MR) is 107 cm³/mol. The molecule has 0 unspecified atom stereocenters. The minimum Gasteiger partial charge on any atom is -0.461 e. The molecule has 3 saturated carbocycles. The lowest BCUT2D eigenvalue weighted by Gasteiger charge is -2.54. The maximum Gasteiger partial charge on any atom is 0.311 e. The summed E-state index contributed by atoms with van der Waals surface area (Å²) in [6.45, 7) is 8.14. The number of carbonyl (C=O) groups excluding carboxylic acids is 2. The molecule has 0 aliphatic heterocycles. The SMILES string of the molecule is CC(C)(C)C(=O)O[C@H]1CC[C@H]2C3=CC=C4CC(=O)CC[C@]4(CO)[C@H]3CC[C@]12C. The zero-order valence-corrected chi connectivity index (χ0v) is 17.7. The molecule has 0 aromatic heterocycles. The Morgan fingerprint density at radius 3 is 2.61 bits per heavy atom. The number of esters is 1. The summed E-state index contributed by atoms with van der Waals surface area (Å²) < 4.78 is 6.02. The molecule has 0 aromatic rings. The first-order valence-electron chi connectivity index (χ1n) is 10.9. The fourth-order valence-corrected chi connectivity index (χ4v) is 6.39. The Morgan fingerprint density at radius 2 is 1.93 bits per heavy atom. The Morgan fingerprint density at radius 1 is 1.18 bits per heavy atom. The van der Waals surface area contributed by atoms with Crippen molar-refractivity contribution < 1.29 is 19.4 Å². The summed E-state index contributed by atoms with van der Waals surface area (Å²) in [6, 6.07) is 0. The van der Waals surface area contributed by atoms with Gasteiger partial charge in [0.25, 0.3) is 0 Å². The first-order valence-corrected chi connectivity index (χ1v) is 10.9. The van der Waals surface area contributed by atoms with Crippen molar-refractivity contribution in [3.63, 3.8) is 0 Å². The first kappa shape index (κ1) is 19.9. The highest BCUT2D eigenvalue weighted by Crippen LogP contribution is 2.63. The highest BCUT2D eigenvalue weighted by molar-refractivity contribution is 5.83. The third-order valence-corrected chi connectivity index (χ3v) is 8.19. The minimum atomic E-state index is -0.483. The van der Waals surface area contributed by atoms with Crippen LogP contribution in [0.5, 0.6) is 0 Å². The Bertz CT molecular complexity index is 755. The summed E-state index contributed by atoms with van der Waals surface area (Å²) in [6.07, 6.45) is 10.1. The van der Waals surface area contributed by atoms with Gasteiger partial charge in [-0.25, -0.2) is 0 Å². The van der Waals surface area contributed by atoms with Gasteiger partial charge in [0.1, 0.15) is 11.9 Å². The second-order valence-corrected chi connectivity index (χ2v) is 10.8. The van der Waals surface area contributed by atoms with E-state index >= 15 is 0 Å². The number of Topliss-reactive ketones (excluding diaryl/α,β-unsaturated/α-hetero) is 1. The molecule has 0 aromatic carbocycles. The molecule has 0 amide bonds. The van der Waals surface area contributed by atoms with Gasteiger partial charge >= 0.3 is 5.97 Å². The van der Waals surface area contributed by atoms with Crippen LogP contribution in [0, 0.1) is 28.1 Å². The molecule has 4 rings (SSSR count). The average molecular weight is 387 g/mol. The van der Waals surface area contributed by atoms with Gasteiger partial charge < -0.3 is 9.84 Å². The van der Waals surface area contributed by atoms with Crippen LogP contribution < -0.4 is 0 Å². The van der Waals surface area contributed by atoms with Crippen LogP contribution in [0.2, 0.25) is 0 Å². The minimum absolute atomic E-state index is 0.0320. The summed E-state index contributed by atoms with van der Waals surface area (Å²) >= 11 is 0. The lowest BCUT2D eigenvalue weighted by molar-refractivity contribution is -0.165. The molecular formula is C24H34O4. The quantitative estimate of drug-likeness (QED) is 0.716. The predicted octanol–water partition coefficient (Wildman–Crippen LogP) is 4.37. The first-order chi connectivity index (χ1) is 13.1. The van der Waals surface area contributed by atoms with Crippen molar-refractivity contribution in [3.05, 3.63) is 23.3 Å². The number of aliphatic hydroxyl groups excluding tert-OH is 1. The van der Waals surface area contributed by atoms with Crippen LogP contribution in [0.3, 0.4) is 0 Å². The van der Waals surface area contributed by atoms with Gasteiger partial charge in [0, 0.05) is 23.7 Å². The summed E-state index contributed by atoms with van der Waals surface area (Å²) in [4.78, 5) is 24.5. The maximum atomic E-state index is 12.5. The van der Waals surface area contributed by atoms with E-state index in [9.17, 15) is 14.7 Å². The average Bonchev–Trinajstić information content (AvgIpc) is 2.97. The molecule has 0 bridgehead atoms. The molecule has 28 heavy (non-hydrogen) atoms. The van der Waals surface area contributed by atoms with Crippen molar-refractivity contribution in [1.82, 2.24) is 0 Å². The van der Waals surface area contributed by atoms with E-state index in [1.807, 2.05) is 20.8 Å². The Kier molecular flexibility index (Phi) is 4.65. The molecular weight excluding hydrogens is 352 g/mol. The molecule has 0 spiro atoms. The van der Waals surface area contributed by atoms with Crippen LogP contribution in [0.25, 0.3) is 0 Å². The van der Waals surface area contributed by atoms with Crippen LogP contribution in [0.4, 0.5) is 0 Å². The third-order valence-electron chi connectivity index (χ3n) is 8.19. The third kappa shape index (κ3) is 2.82. The molecule has 0 heterocycles. The molecule has 3 fully saturated rings.